The topological polar surface area (TPSA) is 305 Å². The highest BCUT2D eigenvalue weighted by Gasteiger charge is 2.30. The smallest absolute Gasteiger partial charge is 0.299 e. The van der Waals surface area contributed by atoms with E-state index in [0.29, 0.717) is 0 Å². The van der Waals surface area contributed by atoms with Crippen molar-refractivity contribution in [1.82, 2.24) is 21.3 Å². The lowest BCUT2D eigenvalue weighted by Gasteiger charge is -2.26. The molecule has 3 atom stereocenters. The molecule has 0 spiro atoms. The molecule has 19 nitrogen and oxygen atoms in total. The molecule has 294 valence electrons. The summed E-state index contributed by atoms with van der Waals surface area (Å²) in [5.41, 5.74) is 17.1. The minimum atomic E-state index is -1.18. The van der Waals surface area contributed by atoms with E-state index < -0.39 is 63.0 Å². The number of rotatable bonds is 21. The summed E-state index contributed by atoms with van der Waals surface area (Å²) in [6.07, 6.45) is 0.648. The van der Waals surface area contributed by atoms with Crippen molar-refractivity contribution in [2.24, 2.45) is 22.4 Å². The predicted octanol–water partition coefficient (Wildman–Crippen LogP) is 1.72. The third kappa shape index (κ3) is 13.9. The van der Waals surface area contributed by atoms with Gasteiger partial charge in [-0.15, -0.1) is 0 Å². The fraction of sp³-hybridized carbons (Fsp3) is 0.361. The third-order valence-corrected chi connectivity index (χ3v) is 8.16. The molecule has 0 bridgehead atoms. The Hall–Kier alpha value is -6.79. The standard InChI is InChI=1S/C36H47N11O8/c1-22(2)19-29(33(49)41-18-17-40-27-15-14-24(46(52)53)21-31(27)47(54)55)45-34(50)28(13-8-16-42-36(38)39)43-35(51)30(20-23-9-4-3-5-10-23)44-32(48)25-11-6-7-12-26(25)37/h3-7,9-12,14-15,21-22,28-30,40H,8,13,16-20,37H2,1-2H3,(H,41,49)(H,43,51)(H,44,48)(H,45,50)(H4,38,39,42)/t28-,29-,30-/m0/s1. The molecule has 0 aromatic heterocycles. The molecule has 4 amide bonds. The van der Waals surface area contributed by atoms with Gasteiger partial charge in [0.1, 0.15) is 23.8 Å². The van der Waals surface area contributed by atoms with Crippen LogP contribution in [0.4, 0.5) is 22.7 Å². The molecule has 0 aliphatic heterocycles. The van der Waals surface area contributed by atoms with Crippen molar-refractivity contribution >= 4 is 52.3 Å². The zero-order chi connectivity index (χ0) is 40.5. The number of nitro groups is 2. The number of nitrogens with zero attached hydrogens (tertiary/aromatic N) is 3. The van der Waals surface area contributed by atoms with Crippen LogP contribution in [-0.2, 0) is 20.8 Å². The molecule has 19 heteroatoms. The maximum Gasteiger partial charge on any atom is 0.299 e. The highest BCUT2D eigenvalue weighted by Crippen LogP contribution is 2.28. The van der Waals surface area contributed by atoms with Crippen LogP contribution in [0.25, 0.3) is 0 Å². The van der Waals surface area contributed by atoms with Crippen molar-refractivity contribution in [1.29, 1.82) is 0 Å². The molecular formula is C36H47N11O8. The number of carbonyl (C=O) groups is 4. The van der Waals surface area contributed by atoms with Gasteiger partial charge in [0.05, 0.1) is 21.5 Å². The van der Waals surface area contributed by atoms with Crippen molar-refractivity contribution in [3.63, 3.8) is 0 Å². The van der Waals surface area contributed by atoms with Gasteiger partial charge in [0, 0.05) is 37.8 Å². The van der Waals surface area contributed by atoms with E-state index in [0.717, 1.165) is 17.7 Å². The molecule has 0 aliphatic rings. The molecule has 3 aromatic carbocycles. The van der Waals surface area contributed by atoms with Crippen molar-refractivity contribution in [3.05, 3.63) is 104 Å². The number of nitro benzene ring substituents is 2. The van der Waals surface area contributed by atoms with Gasteiger partial charge in [-0.3, -0.25) is 44.4 Å². The Balaban J connectivity index is 1.76. The van der Waals surface area contributed by atoms with Crippen LogP contribution in [0.5, 0.6) is 0 Å². The molecule has 55 heavy (non-hydrogen) atoms. The molecule has 11 N–H and O–H groups in total. The van der Waals surface area contributed by atoms with E-state index in [1.165, 1.54) is 12.1 Å². The van der Waals surface area contributed by atoms with Crippen LogP contribution in [0, 0.1) is 26.1 Å². The van der Waals surface area contributed by atoms with Crippen molar-refractivity contribution < 1.29 is 29.0 Å². The van der Waals surface area contributed by atoms with Crippen LogP contribution in [0.2, 0.25) is 0 Å². The normalized spacial score (nSPS) is 12.3. The van der Waals surface area contributed by atoms with E-state index in [9.17, 15) is 39.4 Å². The first-order chi connectivity index (χ1) is 26.2. The summed E-state index contributed by atoms with van der Waals surface area (Å²) in [7, 11) is 0. The lowest BCUT2D eigenvalue weighted by atomic mass is 10.0. The Morgan fingerprint density at radius 3 is 2.07 bits per heavy atom. The average molecular weight is 762 g/mol. The van der Waals surface area contributed by atoms with Crippen LogP contribution in [0.3, 0.4) is 0 Å². The lowest BCUT2D eigenvalue weighted by molar-refractivity contribution is -0.393. The third-order valence-electron chi connectivity index (χ3n) is 8.16. The number of nitrogens with one attached hydrogen (secondary N) is 5. The van der Waals surface area contributed by atoms with Crippen LogP contribution >= 0.6 is 0 Å². The SMILES string of the molecule is CC(C)C[C@H](NC(=O)[C@H](CCCN=C(N)N)NC(=O)[C@H](Cc1ccccc1)NC(=O)c1ccccc1N)C(=O)NCCNc1ccc([N+](=O)[O-])cc1[N+](=O)[O-]. The monoisotopic (exact) mass is 761 g/mol. The Morgan fingerprint density at radius 2 is 1.44 bits per heavy atom. The Bertz CT molecular complexity index is 1850. The molecule has 0 fully saturated rings. The van der Waals surface area contributed by atoms with Gasteiger partial charge in [-0.25, -0.2) is 0 Å². The van der Waals surface area contributed by atoms with Gasteiger partial charge in [-0.2, -0.15) is 0 Å². The molecule has 0 saturated carbocycles. The zero-order valence-electron chi connectivity index (χ0n) is 30.5. The number of aliphatic imine (C=N–C) groups is 1. The van der Waals surface area contributed by atoms with Gasteiger partial charge in [-0.05, 0) is 48.9 Å². The first-order valence-corrected chi connectivity index (χ1v) is 17.5. The molecule has 3 rings (SSSR count). The maximum absolute atomic E-state index is 13.9. The number of guanidine groups is 1. The number of nitrogen functional groups attached to an aromatic ring is 1. The van der Waals surface area contributed by atoms with E-state index in [1.54, 1.807) is 42.5 Å². The number of hydrogen-bond acceptors (Lipinski definition) is 11. The van der Waals surface area contributed by atoms with Crippen LogP contribution < -0.4 is 43.8 Å². The molecule has 3 aromatic rings. The van der Waals surface area contributed by atoms with Gasteiger partial charge in [-0.1, -0.05) is 56.3 Å². The van der Waals surface area contributed by atoms with Gasteiger partial charge in [0.25, 0.3) is 17.3 Å². The first-order valence-electron chi connectivity index (χ1n) is 17.5. The molecule has 0 aliphatic carbocycles. The molecule has 0 saturated heterocycles. The Kier molecular flexibility index (Phi) is 16.3. The van der Waals surface area contributed by atoms with E-state index >= 15 is 0 Å². The fourth-order valence-electron chi connectivity index (χ4n) is 5.46. The highest BCUT2D eigenvalue weighted by molar-refractivity contribution is 6.02. The zero-order valence-corrected chi connectivity index (χ0v) is 30.5. The van der Waals surface area contributed by atoms with Crippen molar-refractivity contribution in [3.8, 4) is 0 Å². The summed E-state index contributed by atoms with van der Waals surface area (Å²) in [5, 5.41) is 36.2. The van der Waals surface area contributed by atoms with Gasteiger partial charge in [0.15, 0.2) is 5.96 Å². The summed E-state index contributed by atoms with van der Waals surface area (Å²) >= 11 is 0. The molecule has 0 unspecified atom stereocenters. The Morgan fingerprint density at radius 1 is 0.782 bits per heavy atom. The van der Waals surface area contributed by atoms with E-state index in [-0.39, 0.29) is 74.1 Å². The number of benzene rings is 3. The van der Waals surface area contributed by atoms with Gasteiger partial charge < -0.3 is 43.8 Å². The summed E-state index contributed by atoms with van der Waals surface area (Å²) in [6, 6.07) is 15.2. The highest BCUT2D eigenvalue weighted by atomic mass is 16.6. The molecule has 0 heterocycles. The summed E-state index contributed by atoms with van der Waals surface area (Å²) < 4.78 is 0. The van der Waals surface area contributed by atoms with Crippen LogP contribution in [-0.4, -0.2) is 77.2 Å². The van der Waals surface area contributed by atoms with Gasteiger partial charge in [0.2, 0.25) is 17.7 Å². The molecule has 0 radical (unpaired) electrons. The Labute approximate surface area is 317 Å². The average Bonchev–Trinajstić information content (AvgIpc) is 3.13. The number of para-hydroxylation sites is 1. The molecular weight excluding hydrogens is 714 g/mol. The maximum atomic E-state index is 13.9. The lowest BCUT2D eigenvalue weighted by Crippen LogP contribution is -2.57. The van der Waals surface area contributed by atoms with Crippen LogP contribution in [0.15, 0.2) is 77.8 Å². The number of nitrogens with two attached hydrogens (primary N) is 3. The number of non-ortho nitro benzene ring substituents is 1. The van der Waals surface area contributed by atoms with Gasteiger partial charge >= 0.3 is 0 Å². The van der Waals surface area contributed by atoms with E-state index in [4.69, 9.17) is 17.2 Å². The van der Waals surface area contributed by atoms with Crippen LogP contribution in [0.1, 0.15) is 49.0 Å². The largest absolute Gasteiger partial charge is 0.398 e. The summed E-state index contributed by atoms with van der Waals surface area (Å²) in [4.78, 5) is 79.3. The second kappa shape index (κ2) is 21.0. The summed E-state index contributed by atoms with van der Waals surface area (Å²) in [5.74, 6) is -2.68. The minimum Gasteiger partial charge on any atom is -0.398 e. The number of anilines is 2. The fourth-order valence-corrected chi connectivity index (χ4v) is 5.46. The van der Waals surface area contributed by atoms with E-state index in [1.807, 2.05) is 19.9 Å². The number of amides is 4. The first kappa shape index (κ1) is 42.6. The second-order valence-corrected chi connectivity index (χ2v) is 12.9. The van der Waals surface area contributed by atoms with Crippen molar-refractivity contribution in [2.75, 3.05) is 30.7 Å². The minimum absolute atomic E-state index is 0.0133. The number of hydrogen-bond donors (Lipinski definition) is 8. The second-order valence-electron chi connectivity index (χ2n) is 12.9. The van der Waals surface area contributed by atoms with E-state index in [2.05, 4.69) is 31.6 Å². The number of carbonyl (C=O) groups excluding carboxylic acids is 4. The predicted molar refractivity (Wildman–Crippen MR) is 207 cm³/mol. The van der Waals surface area contributed by atoms with Crippen molar-refractivity contribution in [2.45, 2.75) is 57.7 Å². The summed E-state index contributed by atoms with van der Waals surface area (Å²) in [6.45, 7) is 3.84. The quantitative estimate of drug-likeness (QED) is 0.0192.